The first-order valence-corrected chi connectivity index (χ1v) is 9.52. The molecule has 1 saturated heterocycles. The Kier molecular flexibility index (Phi) is 5.06. The minimum Gasteiger partial charge on any atom is -0.352 e. The Bertz CT molecular complexity index is 960. The van der Waals surface area contributed by atoms with E-state index >= 15 is 0 Å². The molecule has 0 atom stereocenters. The molecule has 0 saturated carbocycles. The normalized spacial score (nSPS) is 14.4. The van der Waals surface area contributed by atoms with E-state index in [2.05, 4.69) is 15.0 Å². The van der Waals surface area contributed by atoms with Crippen molar-refractivity contribution < 1.29 is 4.79 Å². The van der Waals surface area contributed by atoms with Crippen LogP contribution in [0.3, 0.4) is 0 Å². The predicted octanol–water partition coefficient (Wildman–Crippen LogP) is 2.17. The second-order valence-electron chi connectivity index (χ2n) is 7.10. The number of rotatable bonds is 4. The van der Waals surface area contributed by atoms with Gasteiger partial charge in [0.05, 0.1) is 24.5 Å². The number of anilines is 1. The van der Waals surface area contributed by atoms with E-state index in [1.807, 2.05) is 59.8 Å². The lowest BCUT2D eigenvalue weighted by Crippen LogP contribution is -2.49. The molecule has 1 aromatic carbocycles. The smallest absolute Gasteiger partial charge is 0.227 e. The highest BCUT2D eigenvalue weighted by atomic mass is 16.2. The predicted molar refractivity (Wildman–Crippen MR) is 108 cm³/mol. The fourth-order valence-electron chi connectivity index (χ4n) is 3.53. The van der Waals surface area contributed by atoms with E-state index in [9.17, 15) is 4.79 Å². The average molecular weight is 376 g/mol. The van der Waals surface area contributed by atoms with E-state index in [4.69, 9.17) is 4.98 Å². The van der Waals surface area contributed by atoms with Gasteiger partial charge in [0.15, 0.2) is 5.82 Å². The summed E-state index contributed by atoms with van der Waals surface area (Å²) in [4.78, 5) is 25.8. The summed E-state index contributed by atoms with van der Waals surface area (Å²) < 4.78 is 1.81. The van der Waals surface area contributed by atoms with Crippen LogP contribution in [0.15, 0.2) is 48.8 Å². The molecular formula is C21H24N6O. The van der Waals surface area contributed by atoms with Crippen molar-refractivity contribution in [1.82, 2.24) is 24.6 Å². The third-order valence-corrected chi connectivity index (χ3v) is 4.99. The van der Waals surface area contributed by atoms with E-state index < -0.39 is 0 Å². The molecule has 3 aromatic rings. The molecule has 0 radical (unpaired) electrons. The van der Waals surface area contributed by atoms with Crippen molar-refractivity contribution in [2.24, 2.45) is 0 Å². The summed E-state index contributed by atoms with van der Waals surface area (Å²) >= 11 is 0. The summed E-state index contributed by atoms with van der Waals surface area (Å²) in [6.45, 7) is 6.85. The Balaban J connectivity index is 1.41. The van der Waals surface area contributed by atoms with Crippen LogP contribution in [0.4, 0.5) is 5.82 Å². The first-order chi connectivity index (χ1) is 13.6. The zero-order chi connectivity index (χ0) is 19.5. The fraction of sp³-hybridized carbons (Fsp3) is 0.333. The monoisotopic (exact) mass is 376 g/mol. The van der Waals surface area contributed by atoms with Gasteiger partial charge < -0.3 is 9.80 Å². The molecule has 4 rings (SSSR count). The van der Waals surface area contributed by atoms with Crippen LogP contribution >= 0.6 is 0 Å². The Morgan fingerprint density at radius 2 is 1.71 bits per heavy atom. The van der Waals surface area contributed by atoms with Crippen molar-refractivity contribution in [1.29, 1.82) is 0 Å². The number of hydrogen-bond donors (Lipinski definition) is 0. The van der Waals surface area contributed by atoms with E-state index in [0.717, 1.165) is 35.9 Å². The van der Waals surface area contributed by atoms with Crippen LogP contribution in [0.1, 0.15) is 17.0 Å². The zero-order valence-electron chi connectivity index (χ0n) is 16.2. The number of hydrogen-bond acceptors (Lipinski definition) is 5. The molecule has 144 valence electrons. The van der Waals surface area contributed by atoms with Gasteiger partial charge in [-0.2, -0.15) is 5.10 Å². The van der Waals surface area contributed by atoms with E-state index in [1.165, 1.54) is 0 Å². The number of benzene rings is 1. The molecule has 28 heavy (non-hydrogen) atoms. The third-order valence-electron chi connectivity index (χ3n) is 4.99. The van der Waals surface area contributed by atoms with Gasteiger partial charge in [-0.25, -0.2) is 9.67 Å². The van der Waals surface area contributed by atoms with Gasteiger partial charge in [-0.15, -0.1) is 0 Å². The first-order valence-electron chi connectivity index (χ1n) is 9.52. The Hall–Kier alpha value is -3.22. The number of aryl methyl sites for hydroxylation is 2. The number of aromatic nitrogens is 4. The average Bonchev–Trinajstić information content (AvgIpc) is 3.07. The molecule has 1 aliphatic heterocycles. The van der Waals surface area contributed by atoms with Crippen LogP contribution in [-0.2, 0) is 11.2 Å². The van der Waals surface area contributed by atoms with Crippen LogP contribution in [0.2, 0.25) is 0 Å². The summed E-state index contributed by atoms with van der Waals surface area (Å²) in [6, 6.07) is 11.9. The van der Waals surface area contributed by atoms with Gasteiger partial charge in [-0.05, 0) is 25.5 Å². The van der Waals surface area contributed by atoms with Gasteiger partial charge in [-0.3, -0.25) is 9.78 Å². The van der Waals surface area contributed by atoms with Crippen LogP contribution in [-0.4, -0.2) is 56.7 Å². The molecule has 1 fully saturated rings. The summed E-state index contributed by atoms with van der Waals surface area (Å²) in [5, 5.41) is 4.48. The maximum atomic E-state index is 12.6. The first kappa shape index (κ1) is 18.2. The van der Waals surface area contributed by atoms with Gasteiger partial charge in [-0.1, -0.05) is 30.3 Å². The number of piperazine rings is 1. The van der Waals surface area contributed by atoms with E-state index in [1.54, 1.807) is 12.4 Å². The SMILES string of the molecule is Cc1cc(C)n(-c2cncc(N3CCN(C(=O)Cc4ccccc4)CC3)n2)n1. The third kappa shape index (κ3) is 3.88. The minimum absolute atomic E-state index is 0.174. The molecule has 0 aliphatic carbocycles. The number of nitrogens with zero attached hydrogens (tertiary/aromatic N) is 6. The van der Waals surface area contributed by atoms with Crippen molar-refractivity contribution in [2.45, 2.75) is 20.3 Å². The Labute approximate surface area is 164 Å². The van der Waals surface area contributed by atoms with E-state index in [0.29, 0.717) is 25.3 Å². The molecule has 0 spiro atoms. The molecule has 3 heterocycles. The maximum Gasteiger partial charge on any atom is 0.227 e. The van der Waals surface area contributed by atoms with Crippen molar-refractivity contribution in [3.63, 3.8) is 0 Å². The molecule has 0 unspecified atom stereocenters. The number of carbonyl (C=O) groups excluding carboxylic acids is 1. The quantitative estimate of drug-likeness (QED) is 0.698. The van der Waals surface area contributed by atoms with Gasteiger partial charge in [0.2, 0.25) is 5.91 Å². The molecule has 7 heteroatoms. The van der Waals surface area contributed by atoms with Crippen molar-refractivity contribution in [3.05, 3.63) is 65.7 Å². The molecule has 1 amide bonds. The molecular weight excluding hydrogens is 352 g/mol. The van der Waals surface area contributed by atoms with Crippen molar-refractivity contribution in [3.8, 4) is 5.82 Å². The largest absolute Gasteiger partial charge is 0.352 e. The maximum absolute atomic E-state index is 12.6. The lowest BCUT2D eigenvalue weighted by atomic mass is 10.1. The van der Waals surface area contributed by atoms with Crippen molar-refractivity contribution in [2.75, 3.05) is 31.1 Å². The van der Waals surface area contributed by atoms with Gasteiger partial charge >= 0.3 is 0 Å². The van der Waals surface area contributed by atoms with Gasteiger partial charge in [0.25, 0.3) is 0 Å². The lowest BCUT2D eigenvalue weighted by molar-refractivity contribution is -0.130. The Morgan fingerprint density at radius 1 is 1.00 bits per heavy atom. The van der Waals surface area contributed by atoms with Crippen LogP contribution in [0, 0.1) is 13.8 Å². The summed E-state index contributed by atoms with van der Waals surface area (Å²) in [7, 11) is 0. The summed E-state index contributed by atoms with van der Waals surface area (Å²) in [5.41, 5.74) is 3.04. The van der Waals surface area contributed by atoms with E-state index in [-0.39, 0.29) is 5.91 Å². The van der Waals surface area contributed by atoms with Crippen molar-refractivity contribution >= 4 is 11.7 Å². The summed E-state index contributed by atoms with van der Waals surface area (Å²) in [5.74, 6) is 1.71. The highest BCUT2D eigenvalue weighted by Gasteiger charge is 2.22. The Morgan fingerprint density at radius 3 is 2.39 bits per heavy atom. The molecule has 0 bridgehead atoms. The molecule has 0 N–H and O–H groups in total. The lowest BCUT2D eigenvalue weighted by Gasteiger charge is -2.35. The number of amides is 1. The standard InChI is InChI=1S/C21H24N6O/c1-16-12-17(2)27(24-16)20-15-22-14-19(23-20)25-8-10-26(11-9-25)21(28)13-18-6-4-3-5-7-18/h3-7,12,14-15H,8-11,13H2,1-2H3. The molecule has 2 aromatic heterocycles. The molecule has 1 aliphatic rings. The van der Waals surface area contributed by atoms with Gasteiger partial charge in [0, 0.05) is 31.9 Å². The van der Waals surface area contributed by atoms with Crippen LogP contribution < -0.4 is 4.90 Å². The topological polar surface area (TPSA) is 67.2 Å². The van der Waals surface area contributed by atoms with Crippen LogP contribution in [0.25, 0.3) is 5.82 Å². The molecule has 7 nitrogen and oxygen atoms in total. The second-order valence-corrected chi connectivity index (χ2v) is 7.10. The second kappa shape index (κ2) is 7.80. The highest BCUT2D eigenvalue weighted by Crippen LogP contribution is 2.16. The highest BCUT2D eigenvalue weighted by molar-refractivity contribution is 5.79. The van der Waals surface area contributed by atoms with Gasteiger partial charge in [0.1, 0.15) is 5.82 Å². The zero-order valence-corrected chi connectivity index (χ0v) is 16.2. The summed E-state index contributed by atoms with van der Waals surface area (Å²) in [6.07, 6.45) is 3.95. The van der Waals surface area contributed by atoms with Crippen LogP contribution in [0.5, 0.6) is 0 Å². The fourth-order valence-corrected chi connectivity index (χ4v) is 3.53. The minimum atomic E-state index is 0.174. The number of carbonyl (C=O) groups is 1.